The summed E-state index contributed by atoms with van der Waals surface area (Å²) in [6.45, 7) is 3.36. The minimum atomic E-state index is -0.763. The molecule has 0 radical (unpaired) electrons. The Balaban J connectivity index is 1.56. The molecule has 0 spiro atoms. The first-order valence-corrected chi connectivity index (χ1v) is 9.35. The molecule has 0 aliphatic carbocycles. The van der Waals surface area contributed by atoms with Crippen molar-refractivity contribution in [1.82, 2.24) is 10.2 Å². The maximum absolute atomic E-state index is 13.7. The molecule has 0 saturated carbocycles. The molecular weight excluding hydrogens is 324 g/mol. The number of benzene rings is 1. The Morgan fingerprint density at radius 1 is 1.24 bits per heavy atom. The highest BCUT2D eigenvalue weighted by Crippen LogP contribution is 2.34. The topological polar surface area (TPSA) is 44.4 Å². The van der Waals surface area contributed by atoms with Crippen LogP contribution in [-0.2, 0) is 0 Å². The Kier molecular flexibility index (Phi) is 5.89. The van der Waals surface area contributed by atoms with Crippen LogP contribution in [0.15, 0.2) is 18.2 Å². The molecule has 2 unspecified atom stereocenters. The zero-order valence-corrected chi connectivity index (χ0v) is 14.7. The number of hydrogen-bond donors (Lipinski definition) is 2. The van der Waals surface area contributed by atoms with Crippen LogP contribution in [0.2, 0.25) is 0 Å². The van der Waals surface area contributed by atoms with Gasteiger partial charge in [-0.3, -0.25) is 4.90 Å². The number of rotatable bonds is 5. The Bertz CT molecular complexity index is 596. The molecule has 2 saturated heterocycles. The first-order valence-electron chi connectivity index (χ1n) is 9.35. The van der Waals surface area contributed by atoms with Crippen LogP contribution in [0.25, 0.3) is 0 Å². The minimum absolute atomic E-state index is 0.000485. The number of carbonyl (C=O) groups excluding carboxylic acids is 1. The van der Waals surface area contributed by atoms with Crippen LogP contribution in [0.3, 0.4) is 0 Å². The normalized spacial score (nSPS) is 26.3. The Morgan fingerprint density at radius 2 is 1.96 bits per heavy atom. The van der Waals surface area contributed by atoms with E-state index in [0.29, 0.717) is 12.1 Å². The van der Waals surface area contributed by atoms with E-state index in [2.05, 4.69) is 22.5 Å². The summed E-state index contributed by atoms with van der Waals surface area (Å²) in [7, 11) is 0. The third kappa shape index (κ3) is 4.48. The van der Waals surface area contributed by atoms with Crippen molar-refractivity contribution >= 4 is 11.7 Å². The maximum atomic E-state index is 13.7. The molecular formula is C19H27F2N3O. The van der Waals surface area contributed by atoms with Gasteiger partial charge >= 0.3 is 6.03 Å². The maximum Gasteiger partial charge on any atom is 0.319 e. The van der Waals surface area contributed by atoms with Gasteiger partial charge in [-0.15, -0.1) is 0 Å². The van der Waals surface area contributed by atoms with E-state index in [1.54, 1.807) is 0 Å². The third-order valence-electron chi connectivity index (χ3n) is 5.41. The fourth-order valence-corrected chi connectivity index (χ4v) is 4.24. The minimum Gasteiger partial charge on any atom is -0.335 e. The van der Waals surface area contributed by atoms with Crippen LogP contribution in [0, 0.1) is 11.6 Å². The van der Waals surface area contributed by atoms with E-state index in [-0.39, 0.29) is 11.7 Å². The number of hydrogen-bond acceptors (Lipinski definition) is 2. The van der Waals surface area contributed by atoms with Gasteiger partial charge in [0.2, 0.25) is 0 Å². The summed E-state index contributed by atoms with van der Waals surface area (Å²) in [5.41, 5.74) is -0.000485. The number of urea groups is 1. The molecule has 2 bridgehead atoms. The molecule has 4 nitrogen and oxygen atoms in total. The average Bonchev–Trinajstić information content (AvgIpc) is 2.55. The van der Waals surface area contributed by atoms with E-state index in [0.717, 1.165) is 31.5 Å². The van der Waals surface area contributed by atoms with E-state index in [9.17, 15) is 13.6 Å². The summed E-state index contributed by atoms with van der Waals surface area (Å²) < 4.78 is 26.6. The molecule has 3 rings (SSSR count). The molecule has 2 N–H and O–H groups in total. The largest absolute Gasteiger partial charge is 0.335 e. The van der Waals surface area contributed by atoms with Gasteiger partial charge in [-0.05, 0) is 50.8 Å². The van der Waals surface area contributed by atoms with Crippen LogP contribution in [0.4, 0.5) is 19.3 Å². The SMILES string of the molecule is CCCCN1C2CCCC1CC(NC(=O)Nc1ccc(F)cc1F)C2. The zero-order valence-electron chi connectivity index (χ0n) is 14.7. The second kappa shape index (κ2) is 8.13. The van der Waals surface area contributed by atoms with Crippen LogP contribution in [0.5, 0.6) is 0 Å². The second-order valence-corrected chi connectivity index (χ2v) is 7.22. The molecule has 0 aromatic heterocycles. The molecule has 1 aromatic carbocycles. The van der Waals surface area contributed by atoms with E-state index in [1.807, 2.05) is 0 Å². The predicted octanol–water partition coefficient (Wildman–Crippen LogP) is 4.27. The monoisotopic (exact) mass is 351 g/mol. The molecule has 138 valence electrons. The highest BCUT2D eigenvalue weighted by Gasteiger charge is 2.38. The molecule has 6 heteroatoms. The molecule has 2 amide bonds. The van der Waals surface area contributed by atoms with Crippen molar-refractivity contribution < 1.29 is 13.6 Å². The third-order valence-corrected chi connectivity index (χ3v) is 5.41. The quantitative estimate of drug-likeness (QED) is 0.832. The van der Waals surface area contributed by atoms with Crippen LogP contribution in [0.1, 0.15) is 51.9 Å². The fraction of sp³-hybridized carbons (Fsp3) is 0.632. The van der Waals surface area contributed by atoms with E-state index in [4.69, 9.17) is 0 Å². The lowest BCUT2D eigenvalue weighted by Gasteiger charge is -2.49. The van der Waals surface area contributed by atoms with Crippen molar-refractivity contribution in [2.24, 2.45) is 0 Å². The first kappa shape index (κ1) is 18.1. The van der Waals surface area contributed by atoms with Crippen molar-refractivity contribution in [1.29, 1.82) is 0 Å². The van der Waals surface area contributed by atoms with Crippen molar-refractivity contribution in [2.75, 3.05) is 11.9 Å². The lowest BCUT2D eigenvalue weighted by atomic mass is 9.81. The van der Waals surface area contributed by atoms with Crippen molar-refractivity contribution in [3.05, 3.63) is 29.8 Å². The molecule has 25 heavy (non-hydrogen) atoms. The Hall–Kier alpha value is -1.69. The zero-order chi connectivity index (χ0) is 17.8. The molecule has 2 atom stereocenters. The number of unbranched alkanes of at least 4 members (excludes halogenated alkanes) is 1. The Morgan fingerprint density at radius 3 is 2.60 bits per heavy atom. The van der Waals surface area contributed by atoms with Gasteiger partial charge in [-0.25, -0.2) is 13.6 Å². The van der Waals surface area contributed by atoms with Crippen molar-refractivity contribution in [2.45, 2.75) is 70.0 Å². The van der Waals surface area contributed by atoms with Gasteiger partial charge in [0.15, 0.2) is 0 Å². The first-order chi connectivity index (χ1) is 12.1. The fourth-order valence-electron chi connectivity index (χ4n) is 4.24. The number of anilines is 1. The highest BCUT2D eigenvalue weighted by atomic mass is 19.1. The summed E-state index contributed by atoms with van der Waals surface area (Å²) in [5, 5.41) is 5.47. The standard InChI is InChI=1S/C19H27F2N3O/c1-2-3-9-24-15-5-4-6-16(24)12-14(11-15)22-19(25)23-18-8-7-13(20)10-17(18)21/h7-8,10,14-16H,2-6,9,11-12H2,1H3,(H2,22,23,25). The lowest BCUT2D eigenvalue weighted by molar-refractivity contribution is 0.0260. The van der Waals surface area contributed by atoms with Crippen LogP contribution < -0.4 is 10.6 Å². The number of piperidine rings is 2. The van der Waals surface area contributed by atoms with Gasteiger partial charge in [-0.1, -0.05) is 19.8 Å². The molecule has 1 aromatic rings. The predicted molar refractivity (Wildman–Crippen MR) is 94.6 cm³/mol. The van der Waals surface area contributed by atoms with Gasteiger partial charge < -0.3 is 10.6 Å². The van der Waals surface area contributed by atoms with Gasteiger partial charge in [0.25, 0.3) is 0 Å². The summed E-state index contributed by atoms with van der Waals surface area (Å²) >= 11 is 0. The molecule has 2 aliphatic heterocycles. The summed E-state index contributed by atoms with van der Waals surface area (Å²) in [4.78, 5) is 14.8. The van der Waals surface area contributed by atoms with E-state index >= 15 is 0 Å². The van der Waals surface area contributed by atoms with Gasteiger partial charge in [0.1, 0.15) is 11.6 Å². The van der Waals surface area contributed by atoms with Crippen molar-refractivity contribution in [3.63, 3.8) is 0 Å². The summed E-state index contributed by atoms with van der Waals surface area (Å²) in [5.74, 6) is -1.42. The van der Waals surface area contributed by atoms with Crippen molar-refractivity contribution in [3.8, 4) is 0 Å². The highest BCUT2D eigenvalue weighted by molar-refractivity contribution is 5.89. The number of nitrogens with one attached hydrogen (secondary N) is 2. The average molecular weight is 351 g/mol. The number of halogens is 2. The lowest BCUT2D eigenvalue weighted by Crippen LogP contribution is -2.57. The van der Waals surface area contributed by atoms with E-state index < -0.39 is 17.7 Å². The molecule has 2 aliphatic rings. The van der Waals surface area contributed by atoms with Crippen LogP contribution >= 0.6 is 0 Å². The second-order valence-electron chi connectivity index (χ2n) is 7.22. The molecule has 2 fully saturated rings. The van der Waals surface area contributed by atoms with Gasteiger partial charge in [0, 0.05) is 24.2 Å². The Labute approximate surface area is 148 Å². The number of amides is 2. The smallest absolute Gasteiger partial charge is 0.319 e. The number of nitrogens with zero attached hydrogens (tertiary/aromatic N) is 1. The molecule has 2 heterocycles. The van der Waals surface area contributed by atoms with Gasteiger partial charge in [-0.2, -0.15) is 0 Å². The van der Waals surface area contributed by atoms with Gasteiger partial charge in [0.05, 0.1) is 5.69 Å². The summed E-state index contributed by atoms with van der Waals surface area (Å²) in [6, 6.07) is 3.90. The summed E-state index contributed by atoms with van der Waals surface area (Å²) in [6.07, 6.45) is 7.94. The van der Waals surface area contributed by atoms with E-state index in [1.165, 1.54) is 38.2 Å². The van der Waals surface area contributed by atoms with Crippen LogP contribution in [-0.4, -0.2) is 35.6 Å². The number of carbonyl (C=O) groups is 1. The number of fused-ring (bicyclic) bond motifs is 2.